The Morgan fingerprint density at radius 3 is 2.15 bits per heavy atom. The Bertz CT molecular complexity index is 992. The zero-order chi connectivity index (χ0) is 19.8. The second-order valence-corrected chi connectivity index (χ2v) is 9.28. The van der Waals surface area contributed by atoms with E-state index in [4.69, 9.17) is 46.4 Å². The van der Waals surface area contributed by atoms with Gasteiger partial charge in [-0.3, -0.25) is 4.79 Å². The van der Waals surface area contributed by atoms with E-state index < -0.39 is 15.9 Å². The first-order valence-electron chi connectivity index (χ1n) is 7.76. The number of halogens is 4. The molecule has 11 heteroatoms. The van der Waals surface area contributed by atoms with Gasteiger partial charge in [-0.2, -0.15) is 4.31 Å². The highest BCUT2D eigenvalue weighted by molar-refractivity contribution is 7.89. The Balaban J connectivity index is 1.73. The van der Waals surface area contributed by atoms with Crippen LogP contribution in [0, 0.1) is 0 Å². The van der Waals surface area contributed by atoms with Crippen molar-refractivity contribution in [3.63, 3.8) is 0 Å². The molecule has 27 heavy (non-hydrogen) atoms. The Morgan fingerprint density at radius 1 is 0.889 bits per heavy atom. The summed E-state index contributed by atoms with van der Waals surface area (Å²) in [5.74, 6) is -0.394. The van der Waals surface area contributed by atoms with Crippen LogP contribution < -0.4 is 0 Å². The van der Waals surface area contributed by atoms with E-state index >= 15 is 0 Å². The van der Waals surface area contributed by atoms with E-state index in [1.165, 1.54) is 39.5 Å². The number of sulfonamides is 1. The van der Waals surface area contributed by atoms with Gasteiger partial charge in [-0.15, -0.1) is 0 Å². The normalized spacial score (nSPS) is 15.8. The molecule has 0 atom stereocenters. The molecule has 0 radical (unpaired) electrons. The van der Waals surface area contributed by atoms with Crippen LogP contribution >= 0.6 is 46.4 Å². The Labute approximate surface area is 176 Å². The molecule has 1 aromatic carbocycles. The zero-order valence-corrected chi connectivity index (χ0v) is 17.5. The van der Waals surface area contributed by atoms with Crippen LogP contribution in [0.15, 0.2) is 35.2 Å². The van der Waals surface area contributed by atoms with Crippen molar-refractivity contribution in [1.82, 2.24) is 14.2 Å². The summed E-state index contributed by atoms with van der Waals surface area (Å²) in [6.07, 6.45) is 0. The summed E-state index contributed by atoms with van der Waals surface area (Å²) in [5.41, 5.74) is 0.0463. The molecule has 0 unspecified atom stereocenters. The Kier molecular flexibility index (Phi) is 6.20. The molecular formula is C16H13Cl4N3O3S. The average Bonchev–Trinajstić information content (AvgIpc) is 2.65. The van der Waals surface area contributed by atoms with Crippen LogP contribution in [-0.2, 0) is 10.0 Å². The van der Waals surface area contributed by atoms with Gasteiger partial charge in [-0.25, -0.2) is 13.4 Å². The van der Waals surface area contributed by atoms with Gasteiger partial charge in [0.2, 0.25) is 10.0 Å². The molecular weight excluding hydrogens is 456 g/mol. The number of pyridine rings is 1. The topological polar surface area (TPSA) is 70.6 Å². The Hall–Kier alpha value is -1.09. The largest absolute Gasteiger partial charge is 0.335 e. The van der Waals surface area contributed by atoms with Crippen molar-refractivity contribution >= 4 is 62.3 Å². The van der Waals surface area contributed by atoms with E-state index in [2.05, 4.69) is 4.98 Å². The van der Waals surface area contributed by atoms with Gasteiger partial charge in [-0.1, -0.05) is 46.4 Å². The SMILES string of the molecule is O=C(c1nc(Cl)ccc1Cl)N1CCN(S(=O)(=O)c2ccc(Cl)c(Cl)c2)CC1. The lowest BCUT2D eigenvalue weighted by Crippen LogP contribution is -2.50. The van der Waals surface area contributed by atoms with Crippen LogP contribution in [0.1, 0.15) is 10.5 Å². The predicted molar refractivity (Wildman–Crippen MR) is 105 cm³/mol. The standard InChI is InChI=1S/C16H13Cl4N3O3S/c17-11-2-1-10(9-13(11)19)27(25,26)23-7-5-22(6-8-23)16(24)15-12(18)3-4-14(20)21-15/h1-4,9H,5-8H2. The van der Waals surface area contributed by atoms with Gasteiger partial charge in [0.15, 0.2) is 0 Å². The van der Waals surface area contributed by atoms with Crippen molar-refractivity contribution in [3.05, 3.63) is 56.2 Å². The number of rotatable bonds is 3. The van der Waals surface area contributed by atoms with E-state index in [9.17, 15) is 13.2 Å². The van der Waals surface area contributed by atoms with Gasteiger partial charge in [0.05, 0.1) is 20.0 Å². The van der Waals surface area contributed by atoms with Gasteiger partial charge >= 0.3 is 0 Å². The van der Waals surface area contributed by atoms with Gasteiger partial charge in [0, 0.05) is 26.2 Å². The smallest absolute Gasteiger partial charge is 0.274 e. The van der Waals surface area contributed by atoms with Crippen molar-refractivity contribution in [2.45, 2.75) is 4.90 Å². The summed E-state index contributed by atoms with van der Waals surface area (Å²) >= 11 is 23.6. The van der Waals surface area contributed by atoms with Crippen molar-refractivity contribution in [3.8, 4) is 0 Å². The van der Waals surface area contributed by atoms with Crippen molar-refractivity contribution in [1.29, 1.82) is 0 Å². The fraction of sp³-hybridized carbons (Fsp3) is 0.250. The lowest BCUT2D eigenvalue weighted by molar-refractivity contribution is 0.0692. The molecule has 0 bridgehead atoms. The molecule has 6 nitrogen and oxygen atoms in total. The van der Waals surface area contributed by atoms with E-state index in [0.717, 1.165) is 0 Å². The molecule has 0 saturated carbocycles. The minimum atomic E-state index is -3.74. The molecule has 1 aromatic heterocycles. The monoisotopic (exact) mass is 467 g/mol. The summed E-state index contributed by atoms with van der Waals surface area (Å²) in [4.78, 5) is 18.1. The highest BCUT2D eigenvalue weighted by atomic mass is 35.5. The third kappa shape index (κ3) is 4.34. The maximum atomic E-state index is 12.8. The highest BCUT2D eigenvalue weighted by Gasteiger charge is 2.31. The zero-order valence-electron chi connectivity index (χ0n) is 13.7. The van der Waals surface area contributed by atoms with Crippen LogP contribution in [0.5, 0.6) is 0 Å². The van der Waals surface area contributed by atoms with Gasteiger partial charge in [0.1, 0.15) is 10.8 Å². The van der Waals surface area contributed by atoms with E-state index in [1.807, 2.05) is 0 Å². The van der Waals surface area contributed by atoms with Crippen LogP contribution in [0.2, 0.25) is 20.2 Å². The summed E-state index contributed by atoms with van der Waals surface area (Å²) in [6, 6.07) is 7.13. The average molecular weight is 469 g/mol. The molecule has 1 fully saturated rings. The fourth-order valence-corrected chi connectivity index (χ4v) is 4.78. The molecule has 1 saturated heterocycles. The van der Waals surface area contributed by atoms with E-state index in [-0.39, 0.29) is 57.0 Å². The highest BCUT2D eigenvalue weighted by Crippen LogP contribution is 2.27. The molecule has 2 heterocycles. The first kappa shape index (κ1) is 20.6. The molecule has 0 spiro atoms. The number of nitrogens with zero attached hydrogens (tertiary/aromatic N) is 3. The molecule has 2 aromatic rings. The van der Waals surface area contributed by atoms with Crippen LogP contribution in [0.25, 0.3) is 0 Å². The summed E-state index contributed by atoms with van der Waals surface area (Å²) < 4.78 is 26.8. The van der Waals surface area contributed by atoms with Crippen molar-refractivity contribution in [2.75, 3.05) is 26.2 Å². The molecule has 1 aliphatic rings. The molecule has 1 amide bonds. The van der Waals surface area contributed by atoms with Crippen molar-refractivity contribution < 1.29 is 13.2 Å². The third-order valence-corrected chi connectivity index (χ3v) is 7.22. The number of amides is 1. The minimum absolute atomic E-state index is 0.0463. The van der Waals surface area contributed by atoms with Crippen LogP contribution in [0.3, 0.4) is 0 Å². The number of aromatic nitrogens is 1. The van der Waals surface area contributed by atoms with Crippen molar-refractivity contribution in [2.24, 2.45) is 0 Å². The number of hydrogen-bond acceptors (Lipinski definition) is 4. The van der Waals surface area contributed by atoms with Gasteiger partial charge in [-0.05, 0) is 30.3 Å². The second-order valence-electron chi connectivity index (χ2n) is 5.74. The number of carbonyl (C=O) groups is 1. The quantitative estimate of drug-likeness (QED) is 0.641. The summed E-state index contributed by atoms with van der Waals surface area (Å²) in [7, 11) is -3.74. The minimum Gasteiger partial charge on any atom is -0.335 e. The number of hydrogen-bond donors (Lipinski definition) is 0. The molecule has 0 aliphatic carbocycles. The first-order chi connectivity index (χ1) is 12.7. The molecule has 1 aliphatic heterocycles. The maximum Gasteiger partial charge on any atom is 0.274 e. The van der Waals surface area contributed by atoms with Crippen LogP contribution in [0.4, 0.5) is 0 Å². The lowest BCUT2D eigenvalue weighted by atomic mass is 10.3. The predicted octanol–water partition coefficient (Wildman–Crippen LogP) is 3.84. The van der Waals surface area contributed by atoms with Gasteiger partial charge < -0.3 is 4.90 Å². The first-order valence-corrected chi connectivity index (χ1v) is 10.7. The van der Waals surface area contributed by atoms with Gasteiger partial charge in [0.25, 0.3) is 5.91 Å². The number of carbonyl (C=O) groups excluding carboxylic acids is 1. The number of benzene rings is 1. The Morgan fingerprint density at radius 2 is 1.52 bits per heavy atom. The summed E-state index contributed by atoms with van der Waals surface area (Å²) in [5, 5.41) is 0.781. The molecule has 0 N–H and O–H groups in total. The fourth-order valence-electron chi connectivity index (χ4n) is 2.64. The van der Waals surface area contributed by atoms with E-state index in [0.29, 0.717) is 0 Å². The molecule has 144 valence electrons. The lowest BCUT2D eigenvalue weighted by Gasteiger charge is -2.34. The maximum absolute atomic E-state index is 12.8. The van der Waals surface area contributed by atoms with E-state index in [1.54, 1.807) is 0 Å². The molecule has 3 rings (SSSR count). The van der Waals surface area contributed by atoms with Crippen LogP contribution in [-0.4, -0.2) is 54.7 Å². The third-order valence-electron chi connectivity index (χ3n) is 4.07. The second kappa shape index (κ2) is 8.11. The number of piperazine rings is 1. The summed E-state index contributed by atoms with van der Waals surface area (Å²) in [6.45, 7) is 0.660.